The van der Waals surface area contributed by atoms with E-state index >= 15 is 0 Å². The molecule has 4 heteroatoms. The van der Waals surface area contributed by atoms with E-state index in [-0.39, 0.29) is 0 Å². The van der Waals surface area contributed by atoms with Crippen LogP contribution >= 0.6 is 0 Å². The van der Waals surface area contributed by atoms with Crippen molar-refractivity contribution in [3.8, 4) is 0 Å². The van der Waals surface area contributed by atoms with E-state index in [1.165, 1.54) is 12.8 Å². The standard InChI is InChI=1S/C13H23N3O/c1-10(2)9-15-13-14-7-8-16(13)11-5-4-6-12(11)17-3/h7-8,10-12H,4-6,9H2,1-3H3,(H,14,15). The zero-order chi connectivity index (χ0) is 12.3. The smallest absolute Gasteiger partial charge is 0.203 e. The predicted molar refractivity (Wildman–Crippen MR) is 69.2 cm³/mol. The number of hydrogen-bond acceptors (Lipinski definition) is 3. The first-order valence-corrected chi connectivity index (χ1v) is 6.52. The average molecular weight is 237 g/mol. The Hall–Kier alpha value is -1.03. The molecule has 1 saturated carbocycles. The first-order valence-electron chi connectivity index (χ1n) is 6.52. The lowest BCUT2D eigenvalue weighted by Crippen LogP contribution is -2.22. The topological polar surface area (TPSA) is 39.1 Å². The lowest BCUT2D eigenvalue weighted by molar-refractivity contribution is 0.0755. The molecule has 1 aromatic rings. The first-order chi connectivity index (χ1) is 8.22. The third-order valence-corrected chi connectivity index (χ3v) is 3.41. The molecule has 96 valence electrons. The highest BCUT2D eigenvalue weighted by Gasteiger charge is 2.29. The Morgan fingerprint density at radius 2 is 2.35 bits per heavy atom. The molecule has 4 nitrogen and oxygen atoms in total. The van der Waals surface area contributed by atoms with Crippen LogP contribution < -0.4 is 5.32 Å². The summed E-state index contributed by atoms with van der Waals surface area (Å²) in [5, 5.41) is 3.41. The molecule has 2 rings (SSSR count). The number of nitrogens with zero attached hydrogens (tertiary/aromatic N) is 2. The van der Waals surface area contributed by atoms with Crippen LogP contribution in [-0.2, 0) is 4.74 Å². The van der Waals surface area contributed by atoms with Gasteiger partial charge in [-0.05, 0) is 25.2 Å². The molecule has 1 heterocycles. The van der Waals surface area contributed by atoms with Gasteiger partial charge in [0.25, 0.3) is 0 Å². The SMILES string of the molecule is COC1CCCC1n1ccnc1NCC(C)C. The fourth-order valence-electron chi connectivity index (χ4n) is 2.51. The largest absolute Gasteiger partial charge is 0.379 e. The summed E-state index contributed by atoms with van der Waals surface area (Å²) >= 11 is 0. The van der Waals surface area contributed by atoms with Crippen molar-refractivity contribution in [3.63, 3.8) is 0 Å². The van der Waals surface area contributed by atoms with Gasteiger partial charge in [-0.15, -0.1) is 0 Å². The van der Waals surface area contributed by atoms with Gasteiger partial charge >= 0.3 is 0 Å². The number of hydrogen-bond donors (Lipinski definition) is 1. The molecule has 0 aromatic carbocycles. The van der Waals surface area contributed by atoms with E-state index in [1.807, 2.05) is 6.20 Å². The van der Waals surface area contributed by atoms with Gasteiger partial charge in [-0.25, -0.2) is 4.98 Å². The minimum atomic E-state index is 0.337. The van der Waals surface area contributed by atoms with E-state index < -0.39 is 0 Å². The van der Waals surface area contributed by atoms with Gasteiger partial charge in [-0.2, -0.15) is 0 Å². The number of ether oxygens (including phenoxy) is 1. The summed E-state index contributed by atoms with van der Waals surface area (Å²) in [6.45, 7) is 5.36. The summed E-state index contributed by atoms with van der Waals surface area (Å²) in [5.74, 6) is 1.61. The van der Waals surface area contributed by atoms with Gasteiger partial charge in [-0.3, -0.25) is 0 Å². The lowest BCUT2D eigenvalue weighted by Gasteiger charge is -2.22. The van der Waals surface area contributed by atoms with Crippen molar-refractivity contribution in [2.24, 2.45) is 5.92 Å². The Morgan fingerprint density at radius 3 is 3.06 bits per heavy atom. The highest BCUT2D eigenvalue weighted by Crippen LogP contribution is 2.33. The van der Waals surface area contributed by atoms with Gasteiger partial charge < -0.3 is 14.6 Å². The van der Waals surface area contributed by atoms with Crippen molar-refractivity contribution in [1.82, 2.24) is 9.55 Å². The Balaban J connectivity index is 2.07. The first kappa shape index (κ1) is 12.4. The second-order valence-corrected chi connectivity index (χ2v) is 5.21. The van der Waals surface area contributed by atoms with Crippen LogP contribution in [0.5, 0.6) is 0 Å². The van der Waals surface area contributed by atoms with Crippen LogP contribution in [0, 0.1) is 5.92 Å². The average Bonchev–Trinajstić information content (AvgIpc) is 2.93. The third kappa shape index (κ3) is 2.80. The molecular formula is C13H23N3O. The van der Waals surface area contributed by atoms with E-state index in [4.69, 9.17) is 4.74 Å². The van der Waals surface area contributed by atoms with Crippen LogP contribution in [0.25, 0.3) is 0 Å². The summed E-state index contributed by atoms with van der Waals surface area (Å²) in [4.78, 5) is 4.40. The van der Waals surface area contributed by atoms with Crippen molar-refractivity contribution >= 4 is 5.95 Å². The van der Waals surface area contributed by atoms with Crippen LogP contribution in [0.4, 0.5) is 5.95 Å². The molecule has 1 aliphatic rings. The minimum Gasteiger partial charge on any atom is -0.379 e. The number of anilines is 1. The molecule has 0 saturated heterocycles. The molecule has 0 bridgehead atoms. The van der Waals surface area contributed by atoms with Gasteiger partial charge in [0, 0.05) is 26.0 Å². The highest BCUT2D eigenvalue weighted by atomic mass is 16.5. The molecule has 0 spiro atoms. The maximum atomic E-state index is 5.55. The zero-order valence-electron chi connectivity index (χ0n) is 11.0. The number of rotatable bonds is 5. The monoisotopic (exact) mass is 237 g/mol. The van der Waals surface area contributed by atoms with Gasteiger partial charge in [0.2, 0.25) is 5.95 Å². The number of nitrogens with one attached hydrogen (secondary N) is 1. The van der Waals surface area contributed by atoms with E-state index in [0.717, 1.165) is 18.9 Å². The molecule has 1 fully saturated rings. The maximum Gasteiger partial charge on any atom is 0.203 e. The number of methoxy groups -OCH3 is 1. The van der Waals surface area contributed by atoms with Crippen molar-refractivity contribution < 1.29 is 4.74 Å². The molecule has 1 N–H and O–H groups in total. The fraction of sp³-hybridized carbons (Fsp3) is 0.769. The summed E-state index contributed by atoms with van der Waals surface area (Å²) in [7, 11) is 1.81. The van der Waals surface area contributed by atoms with Crippen molar-refractivity contribution in [2.45, 2.75) is 45.3 Å². The molecule has 2 atom stereocenters. The van der Waals surface area contributed by atoms with Crippen molar-refractivity contribution in [2.75, 3.05) is 19.0 Å². The lowest BCUT2D eigenvalue weighted by atomic mass is 10.2. The Labute approximate surface area is 103 Å². The molecule has 1 aliphatic carbocycles. The van der Waals surface area contributed by atoms with Gasteiger partial charge in [0.15, 0.2) is 0 Å². The molecule has 17 heavy (non-hydrogen) atoms. The Kier molecular flexibility index (Phi) is 4.05. The predicted octanol–water partition coefficient (Wildman–Crippen LogP) is 2.69. The van der Waals surface area contributed by atoms with Gasteiger partial charge in [-0.1, -0.05) is 13.8 Å². The second-order valence-electron chi connectivity index (χ2n) is 5.21. The van der Waals surface area contributed by atoms with Crippen LogP contribution in [0.15, 0.2) is 12.4 Å². The Morgan fingerprint density at radius 1 is 1.53 bits per heavy atom. The Bertz CT molecular complexity index is 348. The van der Waals surface area contributed by atoms with E-state index in [0.29, 0.717) is 18.1 Å². The van der Waals surface area contributed by atoms with Gasteiger partial charge in [0.1, 0.15) is 0 Å². The van der Waals surface area contributed by atoms with Gasteiger partial charge in [0.05, 0.1) is 12.1 Å². The van der Waals surface area contributed by atoms with Crippen molar-refractivity contribution in [3.05, 3.63) is 12.4 Å². The molecule has 0 aliphatic heterocycles. The zero-order valence-corrected chi connectivity index (χ0v) is 11.0. The van der Waals surface area contributed by atoms with Crippen LogP contribution in [0.3, 0.4) is 0 Å². The quantitative estimate of drug-likeness (QED) is 0.855. The van der Waals surface area contributed by atoms with E-state index in [1.54, 1.807) is 7.11 Å². The van der Waals surface area contributed by atoms with Crippen LogP contribution in [0.1, 0.15) is 39.2 Å². The van der Waals surface area contributed by atoms with Crippen LogP contribution in [0.2, 0.25) is 0 Å². The second kappa shape index (κ2) is 5.54. The molecule has 1 aromatic heterocycles. The summed E-state index contributed by atoms with van der Waals surface area (Å²) in [6.07, 6.45) is 7.85. The summed E-state index contributed by atoms with van der Waals surface area (Å²) in [6, 6.07) is 0.442. The van der Waals surface area contributed by atoms with Crippen molar-refractivity contribution in [1.29, 1.82) is 0 Å². The number of imidazole rings is 1. The fourth-order valence-corrected chi connectivity index (χ4v) is 2.51. The molecule has 0 amide bonds. The van der Waals surface area contributed by atoms with Crippen LogP contribution in [-0.4, -0.2) is 29.3 Å². The highest BCUT2D eigenvalue weighted by molar-refractivity contribution is 5.27. The summed E-state index contributed by atoms with van der Waals surface area (Å²) in [5.41, 5.74) is 0. The normalized spacial score (nSPS) is 24.5. The molecule has 0 radical (unpaired) electrons. The third-order valence-electron chi connectivity index (χ3n) is 3.41. The maximum absolute atomic E-state index is 5.55. The molecular weight excluding hydrogens is 214 g/mol. The van der Waals surface area contributed by atoms with E-state index in [9.17, 15) is 0 Å². The molecule has 2 unspecified atom stereocenters. The minimum absolute atomic E-state index is 0.337. The van der Waals surface area contributed by atoms with E-state index in [2.05, 4.69) is 34.9 Å². The number of aromatic nitrogens is 2. The summed E-state index contributed by atoms with van der Waals surface area (Å²) < 4.78 is 7.79.